The van der Waals surface area contributed by atoms with E-state index in [0.29, 0.717) is 31.3 Å². The third-order valence-electron chi connectivity index (χ3n) is 3.79. The summed E-state index contributed by atoms with van der Waals surface area (Å²) in [5, 5.41) is 0. The van der Waals surface area contributed by atoms with Gasteiger partial charge in [0.15, 0.2) is 0 Å². The molecule has 0 saturated carbocycles. The zero-order valence-electron chi connectivity index (χ0n) is 12.1. The number of hydrogen-bond donors (Lipinski definition) is 0. The Kier molecular flexibility index (Phi) is 4.03. The summed E-state index contributed by atoms with van der Waals surface area (Å²) >= 11 is 0. The lowest BCUT2D eigenvalue weighted by Gasteiger charge is -2.31. The topological polar surface area (TPSA) is 68.7 Å². The summed E-state index contributed by atoms with van der Waals surface area (Å²) in [5.41, 5.74) is 1.34. The van der Waals surface area contributed by atoms with Gasteiger partial charge in [0, 0.05) is 12.3 Å². The molecule has 116 valence electrons. The van der Waals surface area contributed by atoms with Gasteiger partial charge >= 0.3 is 0 Å². The molecule has 2 aliphatic rings. The molecule has 1 aromatic rings. The van der Waals surface area contributed by atoms with Crippen LogP contribution in [0.2, 0.25) is 0 Å². The fourth-order valence-electron chi connectivity index (χ4n) is 2.72. The Morgan fingerprint density at radius 1 is 1.33 bits per heavy atom. The van der Waals surface area contributed by atoms with Crippen LogP contribution in [0.4, 0.5) is 5.69 Å². The predicted molar refractivity (Wildman–Crippen MR) is 79.2 cm³/mol. The lowest BCUT2D eigenvalue weighted by molar-refractivity contribution is 0.0304. The third-order valence-corrected chi connectivity index (χ3v) is 5.63. The highest BCUT2D eigenvalue weighted by atomic mass is 32.2. The summed E-state index contributed by atoms with van der Waals surface area (Å²) in [4.78, 5) is 4.26. The molecule has 21 heavy (non-hydrogen) atoms. The molecule has 3 rings (SSSR count). The molecule has 1 fully saturated rings. The zero-order valence-corrected chi connectivity index (χ0v) is 12.9. The number of hydrogen-bond acceptors (Lipinski definition) is 5. The molecular weight excluding hydrogens is 292 g/mol. The maximum atomic E-state index is 12.7. The number of sulfonamides is 1. The molecule has 0 aliphatic carbocycles. The quantitative estimate of drug-likeness (QED) is 0.846. The van der Waals surface area contributed by atoms with Crippen LogP contribution in [0.1, 0.15) is 25.0 Å². The Labute approximate surface area is 125 Å². The van der Waals surface area contributed by atoms with Crippen LogP contribution in [0.15, 0.2) is 12.1 Å². The summed E-state index contributed by atoms with van der Waals surface area (Å²) in [5.74, 6) is 0.426. The first-order valence-corrected chi connectivity index (χ1v) is 8.90. The predicted octanol–water partition coefficient (Wildman–Crippen LogP) is 1.49. The van der Waals surface area contributed by atoms with Crippen LogP contribution in [0.3, 0.4) is 0 Å². The maximum Gasteiger partial charge on any atom is 0.238 e. The van der Waals surface area contributed by atoms with Crippen molar-refractivity contribution in [1.29, 1.82) is 0 Å². The van der Waals surface area contributed by atoms with Crippen LogP contribution >= 0.6 is 0 Å². The smallest absolute Gasteiger partial charge is 0.238 e. The van der Waals surface area contributed by atoms with Gasteiger partial charge in [-0.15, -0.1) is 0 Å². The van der Waals surface area contributed by atoms with Gasteiger partial charge in [-0.1, -0.05) is 0 Å². The molecule has 1 saturated heterocycles. The molecule has 0 radical (unpaired) electrons. The first-order valence-electron chi connectivity index (χ1n) is 7.29. The van der Waals surface area contributed by atoms with Crippen LogP contribution in [0, 0.1) is 6.92 Å². The first-order chi connectivity index (χ1) is 10.1. The molecule has 0 aromatic carbocycles. The minimum Gasteiger partial charge on any atom is -0.474 e. The number of ether oxygens (including phenoxy) is 2. The van der Waals surface area contributed by atoms with E-state index in [1.165, 1.54) is 4.31 Å². The molecule has 2 aliphatic heterocycles. The molecule has 1 aromatic heterocycles. The summed E-state index contributed by atoms with van der Waals surface area (Å²) in [6, 6.07) is 3.56. The van der Waals surface area contributed by atoms with Gasteiger partial charge in [-0.25, -0.2) is 13.4 Å². The van der Waals surface area contributed by atoms with Crippen molar-refractivity contribution in [2.24, 2.45) is 0 Å². The number of rotatable bonds is 3. The monoisotopic (exact) mass is 312 g/mol. The van der Waals surface area contributed by atoms with Crippen molar-refractivity contribution < 1.29 is 17.9 Å². The maximum absolute atomic E-state index is 12.7. The van der Waals surface area contributed by atoms with E-state index in [1.54, 1.807) is 12.1 Å². The van der Waals surface area contributed by atoms with E-state index >= 15 is 0 Å². The number of anilines is 1. The molecule has 0 spiro atoms. The Hall–Kier alpha value is -1.34. The highest BCUT2D eigenvalue weighted by Gasteiger charge is 2.32. The van der Waals surface area contributed by atoms with Crippen molar-refractivity contribution >= 4 is 15.7 Å². The molecular formula is C14H20N2O4S. The third kappa shape index (κ3) is 3.13. The lowest BCUT2D eigenvalue weighted by Crippen LogP contribution is -2.42. The van der Waals surface area contributed by atoms with Crippen molar-refractivity contribution in [2.75, 3.05) is 29.8 Å². The Balaban J connectivity index is 1.83. The van der Waals surface area contributed by atoms with Gasteiger partial charge in [-0.05, 0) is 38.3 Å². The Morgan fingerprint density at radius 2 is 2.19 bits per heavy atom. The van der Waals surface area contributed by atoms with Gasteiger partial charge in [-0.2, -0.15) is 0 Å². The molecule has 6 nitrogen and oxygen atoms in total. The van der Waals surface area contributed by atoms with E-state index in [2.05, 4.69) is 4.98 Å². The molecule has 7 heteroatoms. The van der Waals surface area contributed by atoms with E-state index < -0.39 is 10.0 Å². The van der Waals surface area contributed by atoms with E-state index in [1.807, 2.05) is 6.92 Å². The van der Waals surface area contributed by atoms with Gasteiger partial charge in [-0.3, -0.25) is 4.31 Å². The minimum atomic E-state index is -3.42. The van der Waals surface area contributed by atoms with Crippen LogP contribution in [0.5, 0.6) is 5.88 Å². The fourth-order valence-corrected chi connectivity index (χ4v) is 4.42. The van der Waals surface area contributed by atoms with Gasteiger partial charge < -0.3 is 9.47 Å². The molecule has 0 N–H and O–H groups in total. The number of nitrogens with zero attached hydrogens (tertiary/aromatic N) is 2. The van der Waals surface area contributed by atoms with E-state index in [0.717, 1.165) is 25.0 Å². The lowest BCUT2D eigenvalue weighted by atomic mass is 10.1. The number of fused-ring (bicyclic) bond motifs is 1. The van der Waals surface area contributed by atoms with Crippen LogP contribution in [0.25, 0.3) is 0 Å². The van der Waals surface area contributed by atoms with E-state index in [4.69, 9.17) is 9.47 Å². The van der Waals surface area contributed by atoms with Crippen LogP contribution in [-0.2, 0) is 14.8 Å². The van der Waals surface area contributed by atoms with Gasteiger partial charge in [0.2, 0.25) is 15.9 Å². The summed E-state index contributed by atoms with van der Waals surface area (Å²) in [6.07, 6.45) is 2.65. The minimum absolute atomic E-state index is 0.0281. The van der Waals surface area contributed by atoms with Crippen molar-refractivity contribution in [3.05, 3.63) is 17.8 Å². The van der Waals surface area contributed by atoms with E-state index in [-0.39, 0.29) is 11.9 Å². The second kappa shape index (κ2) is 5.81. The summed E-state index contributed by atoms with van der Waals surface area (Å²) < 4.78 is 37.8. The van der Waals surface area contributed by atoms with Gasteiger partial charge in [0.25, 0.3) is 0 Å². The molecule has 3 heterocycles. The number of aryl methyl sites for hydroxylation is 1. The summed E-state index contributed by atoms with van der Waals surface area (Å²) in [7, 11) is -3.42. The molecule has 0 bridgehead atoms. The zero-order chi connectivity index (χ0) is 14.9. The van der Waals surface area contributed by atoms with Gasteiger partial charge in [0.1, 0.15) is 12.3 Å². The second-order valence-electron chi connectivity index (χ2n) is 5.46. The Bertz CT molecular complexity index is 611. The number of aromatic nitrogens is 1. The highest BCUT2D eigenvalue weighted by molar-refractivity contribution is 7.92. The standard InChI is InChI=1S/C14H20N2O4S/c1-11-5-6-13-14(15-11)20-9-7-16(13)21(17,18)10-12-4-2-3-8-19-12/h5-6,12H,2-4,7-10H2,1H3. The van der Waals surface area contributed by atoms with Crippen LogP contribution in [-0.4, -0.2) is 45.0 Å². The second-order valence-corrected chi connectivity index (χ2v) is 7.40. The average molecular weight is 312 g/mol. The molecule has 0 amide bonds. The van der Waals surface area contributed by atoms with Crippen molar-refractivity contribution in [3.8, 4) is 5.88 Å². The van der Waals surface area contributed by atoms with Gasteiger partial charge in [0.05, 0.1) is 18.4 Å². The van der Waals surface area contributed by atoms with Crippen LogP contribution < -0.4 is 9.04 Å². The average Bonchev–Trinajstić information content (AvgIpc) is 2.47. The largest absolute Gasteiger partial charge is 0.474 e. The fraction of sp³-hybridized carbons (Fsp3) is 0.643. The molecule has 1 atom stereocenters. The molecule has 1 unspecified atom stereocenters. The van der Waals surface area contributed by atoms with E-state index in [9.17, 15) is 8.42 Å². The van der Waals surface area contributed by atoms with Crippen molar-refractivity contribution in [2.45, 2.75) is 32.3 Å². The normalized spacial score (nSPS) is 22.5. The Morgan fingerprint density at radius 3 is 2.95 bits per heavy atom. The summed E-state index contributed by atoms with van der Waals surface area (Å²) in [6.45, 7) is 3.16. The highest BCUT2D eigenvalue weighted by Crippen LogP contribution is 2.32. The van der Waals surface area contributed by atoms with Crippen molar-refractivity contribution in [1.82, 2.24) is 4.98 Å². The van der Waals surface area contributed by atoms with Crippen molar-refractivity contribution in [3.63, 3.8) is 0 Å². The first kappa shape index (κ1) is 14.6. The SMILES string of the molecule is Cc1ccc2c(n1)OCCN2S(=O)(=O)CC1CCCCO1. The number of pyridine rings is 1.